The minimum absolute atomic E-state index is 0.160. The van der Waals surface area contributed by atoms with Gasteiger partial charge in [-0.2, -0.15) is 15.4 Å². The lowest BCUT2D eigenvalue weighted by molar-refractivity contribution is -0.0378. The fraction of sp³-hybridized carbons (Fsp3) is 0.400. The van der Waals surface area contributed by atoms with Crippen LogP contribution < -0.4 is 0 Å². The van der Waals surface area contributed by atoms with Gasteiger partial charge in [0.15, 0.2) is 0 Å². The molecule has 1 aliphatic rings. The molecule has 1 saturated heterocycles. The SMILES string of the molecule is O=C(OCc1ccccc1)N1CCCC(O)(c2cn[nH]n2)C1. The summed E-state index contributed by atoms with van der Waals surface area (Å²) in [6.45, 7) is 0.944. The molecule has 2 N–H and O–H groups in total. The van der Waals surface area contributed by atoms with Crippen LogP contribution in [-0.4, -0.2) is 44.6 Å². The van der Waals surface area contributed by atoms with Gasteiger partial charge >= 0.3 is 6.09 Å². The summed E-state index contributed by atoms with van der Waals surface area (Å²) in [5.74, 6) is 0. The standard InChI is InChI=1S/C15H18N4O3/c20-14(22-10-12-5-2-1-3-6-12)19-8-4-7-15(21,11-19)13-9-16-18-17-13/h1-3,5-6,9,21H,4,7-8,10-11H2,(H,16,17,18). The van der Waals surface area contributed by atoms with Crippen LogP contribution in [-0.2, 0) is 16.9 Å². The van der Waals surface area contributed by atoms with Crippen molar-refractivity contribution in [1.29, 1.82) is 0 Å². The van der Waals surface area contributed by atoms with Gasteiger partial charge in [0.1, 0.15) is 17.9 Å². The number of nitrogens with zero attached hydrogens (tertiary/aromatic N) is 3. The van der Waals surface area contributed by atoms with E-state index in [1.54, 1.807) is 0 Å². The number of hydrogen-bond acceptors (Lipinski definition) is 5. The van der Waals surface area contributed by atoms with E-state index in [1.165, 1.54) is 11.1 Å². The lowest BCUT2D eigenvalue weighted by Gasteiger charge is -2.37. The van der Waals surface area contributed by atoms with Crippen molar-refractivity contribution in [2.24, 2.45) is 0 Å². The molecule has 2 aromatic rings. The first kappa shape index (κ1) is 14.5. The lowest BCUT2D eigenvalue weighted by atomic mass is 9.90. The zero-order chi connectivity index (χ0) is 15.4. The lowest BCUT2D eigenvalue weighted by Crippen LogP contribution is -2.48. The van der Waals surface area contributed by atoms with E-state index in [4.69, 9.17) is 4.74 Å². The highest BCUT2D eigenvalue weighted by Crippen LogP contribution is 2.30. The van der Waals surface area contributed by atoms with E-state index in [1.807, 2.05) is 30.3 Å². The Labute approximate surface area is 127 Å². The first-order valence-electron chi connectivity index (χ1n) is 7.22. The van der Waals surface area contributed by atoms with Crippen LogP contribution in [0.4, 0.5) is 4.79 Å². The van der Waals surface area contributed by atoms with Gasteiger partial charge in [0, 0.05) is 6.54 Å². The Balaban J connectivity index is 1.61. The third kappa shape index (κ3) is 3.09. The fourth-order valence-electron chi connectivity index (χ4n) is 2.64. The number of hydrogen-bond donors (Lipinski definition) is 2. The van der Waals surface area contributed by atoms with Crippen molar-refractivity contribution in [2.45, 2.75) is 25.0 Å². The molecule has 1 fully saturated rings. The minimum Gasteiger partial charge on any atom is -0.445 e. The fourth-order valence-corrected chi connectivity index (χ4v) is 2.64. The van der Waals surface area contributed by atoms with Crippen LogP contribution in [0.1, 0.15) is 24.1 Å². The predicted octanol–water partition coefficient (Wildman–Crippen LogP) is 1.42. The maximum atomic E-state index is 12.2. The van der Waals surface area contributed by atoms with Crippen molar-refractivity contribution in [3.63, 3.8) is 0 Å². The molecule has 116 valence electrons. The van der Waals surface area contributed by atoms with E-state index >= 15 is 0 Å². The number of carbonyl (C=O) groups excluding carboxylic acids is 1. The summed E-state index contributed by atoms with van der Waals surface area (Å²) in [4.78, 5) is 13.7. The number of β-amino-alcohol motifs (C(OH)–C–C–N with tert-alkyl or cyclic N) is 1. The topological polar surface area (TPSA) is 91.3 Å². The van der Waals surface area contributed by atoms with E-state index in [0.717, 1.165) is 5.56 Å². The highest BCUT2D eigenvalue weighted by Gasteiger charge is 2.39. The maximum absolute atomic E-state index is 12.2. The van der Waals surface area contributed by atoms with Gasteiger partial charge in [-0.15, -0.1) is 0 Å². The second-order valence-electron chi connectivity index (χ2n) is 5.45. The van der Waals surface area contributed by atoms with E-state index in [2.05, 4.69) is 15.4 Å². The number of aromatic nitrogens is 3. The Kier molecular flexibility index (Phi) is 4.06. The summed E-state index contributed by atoms with van der Waals surface area (Å²) in [6.07, 6.45) is 2.29. The van der Waals surface area contributed by atoms with E-state index in [-0.39, 0.29) is 13.2 Å². The van der Waals surface area contributed by atoms with Crippen LogP contribution in [0.2, 0.25) is 0 Å². The molecule has 7 nitrogen and oxygen atoms in total. The van der Waals surface area contributed by atoms with Gasteiger partial charge in [0.2, 0.25) is 0 Å². The second-order valence-corrected chi connectivity index (χ2v) is 5.45. The molecule has 7 heteroatoms. The van der Waals surface area contributed by atoms with Gasteiger partial charge in [0.05, 0.1) is 12.7 Å². The van der Waals surface area contributed by atoms with E-state index in [9.17, 15) is 9.90 Å². The highest BCUT2D eigenvalue weighted by molar-refractivity contribution is 5.68. The Morgan fingerprint density at radius 2 is 2.23 bits per heavy atom. The van der Waals surface area contributed by atoms with Crippen molar-refractivity contribution < 1.29 is 14.6 Å². The summed E-state index contributed by atoms with van der Waals surface area (Å²) >= 11 is 0. The van der Waals surface area contributed by atoms with Crippen molar-refractivity contribution in [2.75, 3.05) is 13.1 Å². The summed E-state index contributed by atoms with van der Waals surface area (Å²) in [7, 11) is 0. The number of ether oxygens (including phenoxy) is 1. The molecule has 1 atom stereocenters. The maximum Gasteiger partial charge on any atom is 0.410 e. The van der Waals surface area contributed by atoms with Crippen molar-refractivity contribution in [1.82, 2.24) is 20.3 Å². The van der Waals surface area contributed by atoms with Gasteiger partial charge in [-0.1, -0.05) is 30.3 Å². The second kappa shape index (κ2) is 6.15. The molecular formula is C15H18N4O3. The number of amides is 1. The average molecular weight is 302 g/mol. The molecule has 1 aromatic carbocycles. The smallest absolute Gasteiger partial charge is 0.410 e. The van der Waals surface area contributed by atoms with E-state index in [0.29, 0.717) is 25.1 Å². The Morgan fingerprint density at radius 1 is 1.41 bits per heavy atom. The highest BCUT2D eigenvalue weighted by atomic mass is 16.6. The number of benzene rings is 1. The van der Waals surface area contributed by atoms with Gasteiger partial charge in [-0.05, 0) is 18.4 Å². The van der Waals surface area contributed by atoms with Crippen LogP contribution in [0, 0.1) is 0 Å². The van der Waals surface area contributed by atoms with Crippen molar-refractivity contribution in [3.8, 4) is 0 Å². The van der Waals surface area contributed by atoms with Crippen LogP contribution >= 0.6 is 0 Å². The van der Waals surface area contributed by atoms with Gasteiger partial charge in [0.25, 0.3) is 0 Å². The number of nitrogens with one attached hydrogen (secondary N) is 1. The van der Waals surface area contributed by atoms with Gasteiger partial charge in [-0.25, -0.2) is 4.79 Å². The number of rotatable bonds is 3. The molecule has 1 aliphatic heterocycles. The molecule has 0 saturated carbocycles. The predicted molar refractivity (Wildman–Crippen MR) is 77.7 cm³/mol. The average Bonchev–Trinajstić information content (AvgIpc) is 3.09. The normalized spacial score (nSPS) is 21.6. The monoisotopic (exact) mass is 302 g/mol. The third-order valence-corrected chi connectivity index (χ3v) is 3.83. The number of likely N-dealkylation sites (tertiary alicyclic amines) is 1. The number of H-pyrrole nitrogens is 1. The summed E-state index contributed by atoms with van der Waals surface area (Å²) in [6, 6.07) is 9.50. The molecule has 1 amide bonds. The molecule has 0 bridgehead atoms. The molecule has 0 radical (unpaired) electrons. The zero-order valence-electron chi connectivity index (χ0n) is 12.1. The molecule has 2 heterocycles. The summed E-state index contributed by atoms with van der Waals surface area (Å²) < 4.78 is 5.31. The van der Waals surface area contributed by atoms with E-state index < -0.39 is 11.7 Å². The van der Waals surface area contributed by atoms with Crippen LogP contribution in [0.3, 0.4) is 0 Å². The number of aliphatic hydroxyl groups is 1. The minimum atomic E-state index is -1.17. The molecule has 1 aromatic heterocycles. The van der Waals surface area contributed by atoms with Gasteiger partial charge < -0.3 is 14.7 Å². The number of carbonyl (C=O) groups is 1. The molecule has 22 heavy (non-hydrogen) atoms. The summed E-state index contributed by atoms with van der Waals surface area (Å²) in [5, 5.41) is 20.8. The summed E-state index contributed by atoms with van der Waals surface area (Å²) in [5.41, 5.74) is 0.212. The van der Waals surface area contributed by atoms with Crippen LogP contribution in [0.5, 0.6) is 0 Å². The van der Waals surface area contributed by atoms with Crippen LogP contribution in [0.25, 0.3) is 0 Å². The van der Waals surface area contributed by atoms with Crippen molar-refractivity contribution >= 4 is 6.09 Å². The zero-order valence-corrected chi connectivity index (χ0v) is 12.1. The molecule has 0 aliphatic carbocycles. The quantitative estimate of drug-likeness (QED) is 0.895. The first-order valence-corrected chi connectivity index (χ1v) is 7.22. The number of aromatic amines is 1. The third-order valence-electron chi connectivity index (χ3n) is 3.83. The Morgan fingerprint density at radius 3 is 2.95 bits per heavy atom. The Hall–Kier alpha value is -2.41. The molecular weight excluding hydrogens is 284 g/mol. The molecule has 1 unspecified atom stereocenters. The first-order chi connectivity index (χ1) is 10.7. The van der Waals surface area contributed by atoms with Crippen LogP contribution in [0.15, 0.2) is 36.5 Å². The Bertz CT molecular complexity index is 617. The van der Waals surface area contributed by atoms with Crippen molar-refractivity contribution in [3.05, 3.63) is 47.8 Å². The molecule has 3 rings (SSSR count). The number of piperidine rings is 1. The largest absolute Gasteiger partial charge is 0.445 e. The van der Waals surface area contributed by atoms with Gasteiger partial charge in [-0.3, -0.25) is 0 Å². The molecule has 0 spiro atoms.